The number of benzene rings is 2. The van der Waals surface area contributed by atoms with Crippen molar-refractivity contribution in [1.82, 2.24) is 10.1 Å². The summed E-state index contributed by atoms with van der Waals surface area (Å²) in [7, 11) is 0. The number of aromatic nitrogens is 2. The Bertz CT molecular complexity index is 816. The first-order valence-corrected chi connectivity index (χ1v) is 6.58. The summed E-state index contributed by atoms with van der Waals surface area (Å²) in [5.41, 5.74) is 8.76. The Labute approximate surface area is 125 Å². The molecular formula is C15H11ClFN3O. The van der Waals surface area contributed by atoms with Crippen LogP contribution >= 0.6 is 11.6 Å². The normalized spacial score (nSPS) is 10.8. The molecule has 2 aromatic carbocycles. The number of nitrogen functional groups attached to an aromatic ring is 1. The van der Waals surface area contributed by atoms with Crippen molar-refractivity contribution in [2.24, 2.45) is 0 Å². The van der Waals surface area contributed by atoms with E-state index in [-0.39, 0.29) is 5.02 Å². The van der Waals surface area contributed by atoms with E-state index in [4.69, 9.17) is 21.9 Å². The standard InChI is InChI=1S/C15H11ClFN3O/c1-8-3-2-4-10(13(8)18)15-19-14(20-21-15)9-5-6-12(17)11(16)7-9/h2-7H,18H2,1H3. The minimum absolute atomic E-state index is 0.00826. The molecule has 0 saturated heterocycles. The van der Waals surface area contributed by atoms with Crippen molar-refractivity contribution >= 4 is 17.3 Å². The van der Waals surface area contributed by atoms with Crippen LogP contribution in [0.3, 0.4) is 0 Å². The fourth-order valence-electron chi connectivity index (χ4n) is 1.95. The minimum Gasteiger partial charge on any atom is -0.398 e. The summed E-state index contributed by atoms with van der Waals surface area (Å²) in [6.45, 7) is 1.90. The Kier molecular flexibility index (Phi) is 3.35. The van der Waals surface area contributed by atoms with E-state index in [2.05, 4.69) is 10.1 Å². The van der Waals surface area contributed by atoms with Crippen LogP contribution in [0.4, 0.5) is 10.1 Å². The van der Waals surface area contributed by atoms with Crippen LogP contribution in [0.1, 0.15) is 5.56 Å². The van der Waals surface area contributed by atoms with Gasteiger partial charge < -0.3 is 10.3 Å². The lowest BCUT2D eigenvalue weighted by Gasteiger charge is -2.03. The second-order valence-corrected chi connectivity index (χ2v) is 5.00. The van der Waals surface area contributed by atoms with Crippen LogP contribution in [-0.4, -0.2) is 10.1 Å². The maximum atomic E-state index is 13.2. The fraction of sp³-hybridized carbons (Fsp3) is 0.0667. The van der Waals surface area contributed by atoms with Crippen LogP contribution in [0.25, 0.3) is 22.8 Å². The van der Waals surface area contributed by atoms with E-state index >= 15 is 0 Å². The van der Waals surface area contributed by atoms with Gasteiger partial charge >= 0.3 is 0 Å². The number of aryl methyl sites for hydroxylation is 1. The van der Waals surface area contributed by atoms with E-state index in [0.29, 0.717) is 28.5 Å². The summed E-state index contributed by atoms with van der Waals surface area (Å²) in [5, 5.41) is 3.89. The van der Waals surface area contributed by atoms with Crippen molar-refractivity contribution in [3.8, 4) is 22.8 Å². The molecule has 0 atom stereocenters. The lowest BCUT2D eigenvalue weighted by Crippen LogP contribution is -1.93. The molecule has 0 spiro atoms. The minimum atomic E-state index is -0.493. The molecule has 0 aliphatic carbocycles. The number of hydrogen-bond donors (Lipinski definition) is 1. The highest BCUT2D eigenvalue weighted by molar-refractivity contribution is 6.31. The highest BCUT2D eigenvalue weighted by Crippen LogP contribution is 2.29. The van der Waals surface area contributed by atoms with Gasteiger partial charge in [-0.25, -0.2) is 4.39 Å². The Morgan fingerprint density at radius 1 is 1.24 bits per heavy atom. The number of hydrogen-bond acceptors (Lipinski definition) is 4. The zero-order valence-electron chi connectivity index (χ0n) is 11.1. The Balaban J connectivity index is 2.03. The summed E-state index contributed by atoms with van der Waals surface area (Å²) < 4.78 is 18.4. The largest absolute Gasteiger partial charge is 0.398 e. The third kappa shape index (κ3) is 2.48. The fourth-order valence-corrected chi connectivity index (χ4v) is 2.13. The van der Waals surface area contributed by atoms with Gasteiger partial charge in [0, 0.05) is 11.3 Å². The van der Waals surface area contributed by atoms with Crippen molar-refractivity contribution in [2.45, 2.75) is 6.92 Å². The monoisotopic (exact) mass is 303 g/mol. The average Bonchev–Trinajstić information content (AvgIpc) is 2.94. The zero-order chi connectivity index (χ0) is 15.0. The topological polar surface area (TPSA) is 64.9 Å². The summed E-state index contributed by atoms with van der Waals surface area (Å²) in [5.74, 6) is 0.145. The number of anilines is 1. The molecule has 0 saturated carbocycles. The summed E-state index contributed by atoms with van der Waals surface area (Å²) in [4.78, 5) is 4.28. The van der Waals surface area contributed by atoms with Crippen LogP contribution in [0.15, 0.2) is 40.9 Å². The highest BCUT2D eigenvalue weighted by atomic mass is 35.5. The Hall–Kier alpha value is -2.40. The average molecular weight is 304 g/mol. The van der Waals surface area contributed by atoms with Crippen LogP contribution < -0.4 is 5.73 Å². The first kappa shape index (κ1) is 13.6. The number of nitrogens with zero attached hydrogens (tertiary/aromatic N) is 2. The van der Waals surface area contributed by atoms with Crippen molar-refractivity contribution in [1.29, 1.82) is 0 Å². The summed E-state index contributed by atoms with van der Waals surface area (Å²) >= 11 is 5.75. The molecule has 0 fully saturated rings. The molecule has 6 heteroatoms. The van der Waals surface area contributed by atoms with E-state index < -0.39 is 5.82 Å². The molecule has 21 heavy (non-hydrogen) atoms. The molecule has 3 rings (SSSR count). The molecule has 0 unspecified atom stereocenters. The molecule has 0 radical (unpaired) electrons. The molecule has 0 aliphatic heterocycles. The molecule has 1 heterocycles. The van der Waals surface area contributed by atoms with Crippen LogP contribution in [0, 0.1) is 12.7 Å². The predicted molar refractivity (Wildman–Crippen MR) is 79.3 cm³/mol. The van der Waals surface area contributed by atoms with Crippen molar-refractivity contribution in [3.63, 3.8) is 0 Å². The van der Waals surface area contributed by atoms with Gasteiger partial charge in [0.05, 0.1) is 10.6 Å². The Morgan fingerprint density at radius 3 is 2.81 bits per heavy atom. The lowest BCUT2D eigenvalue weighted by atomic mass is 10.1. The van der Waals surface area contributed by atoms with E-state index in [1.54, 1.807) is 6.07 Å². The third-order valence-corrected chi connectivity index (χ3v) is 3.45. The molecular weight excluding hydrogens is 293 g/mol. The number of para-hydroxylation sites is 1. The molecule has 4 nitrogen and oxygen atoms in total. The van der Waals surface area contributed by atoms with Crippen LogP contribution in [0.2, 0.25) is 5.02 Å². The quantitative estimate of drug-likeness (QED) is 0.724. The summed E-state index contributed by atoms with van der Waals surface area (Å²) in [6, 6.07) is 9.81. The maximum absolute atomic E-state index is 13.2. The van der Waals surface area contributed by atoms with Gasteiger partial charge in [-0.05, 0) is 36.8 Å². The number of rotatable bonds is 2. The third-order valence-electron chi connectivity index (χ3n) is 3.16. The van der Waals surface area contributed by atoms with Crippen molar-refractivity contribution in [3.05, 3.63) is 52.8 Å². The maximum Gasteiger partial charge on any atom is 0.260 e. The van der Waals surface area contributed by atoms with Gasteiger partial charge in [-0.3, -0.25) is 0 Å². The van der Waals surface area contributed by atoms with Crippen LogP contribution in [-0.2, 0) is 0 Å². The van der Waals surface area contributed by atoms with Crippen molar-refractivity contribution in [2.75, 3.05) is 5.73 Å². The zero-order valence-corrected chi connectivity index (χ0v) is 11.9. The second-order valence-electron chi connectivity index (χ2n) is 4.59. The molecule has 0 aliphatic rings. The van der Waals surface area contributed by atoms with Gasteiger partial charge in [0.1, 0.15) is 5.82 Å². The highest BCUT2D eigenvalue weighted by Gasteiger charge is 2.14. The van der Waals surface area contributed by atoms with Gasteiger partial charge in [0.2, 0.25) is 5.82 Å². The van der Waals surface area contributed by atoms with Gasteiger partial charge in [-0.2, -0.15) is 4.98 Å². The van der Waals surface area contributed by atoms with Gasteiger partial charge in [0.25, 0.3) is 5.89 Å². The van der Waals surface area contributed by atoms with Gasteiger partial charge in [-0.1, -0.05) is 28.9 Å². The lowest BCUT2D eigenvalue weighted by molar-refractivity contribution is 0.432. The van der Waals surface area contributed by atoms with Crippen LogP contribution in [0.5, 0.6) is 0 Å². The van der Waals surface area contributed by atoms with Crippen molar-refractivity contribution < 1.29 is 8.91 Å². The predicted octanol–water partition coefficient (Wildman–Crippen LogP) is 4.09. The van der Waals surface area contributed by atoms with E-state index in [1.807, 2.05) is 19.1 Å². The first-order chi connectivity index (χ1) is 10.1. The van der Waals surface area contributed by atoms with Gasteiger partial charge in [0.15, 0.2) is 0 Å². The number of halogens is 2. The summed E-state index contributed by atoms with van der Waals surface area (Å²) in [6.07, 6.45) is 0. The molecule has 106 valence electrons. The molecule has 1 aromatic heterocycles. The van der Waals surface area contributed by atoms with Gasteiger partial charge in [-0.15, -0.1) is 0 Å². The second kappa shape index (κ2) is 5.18. The van der Waals surface area contributed by atoms with E-state index in [0.717, 1.165) is 5.56 Å². The number of nitrogens with two attached hydrogens (primary N) is 1. The Morgan fingerprint density at radius 2 is 2.05 bits per heavy atom. The molecule has 0 amide bonds. The SMILES string of the molecule is Cc1cccc(-c2nc(-c3ccc(F)c(Cl)c3)no2)c1N. The molecule has 3 aromatic rings. The molecule has 0 bridgehead atoms. The van der Waals surface area contributed by atoms with E-state index in [1.165, 1.54) is 18.2 Å². The van der Waals surface area contributed by atoms with E-state index in [9.17, 15) is 4.39 Å². The smallest absolute Gasteiger partial charge is 0.260 e. The molecule has 2 N–H and O–H groups in total. The first-order valence-electron chi connectivity index (χ1n) is 6.21.